The van der Waals surface area contributed by atoms with Crippen molar-refractivity contribution in [3.63, 3.8) is 0 Å². The molecule has 0 fully saturated rings. The van der Waals surface area contributed by atoms with Crippen LogP contribution in [0.1, 0.15) is 5.69 Å². The number of carbonyl (C=O) groups excluding carboxylic acids is 2. The van der Waals surface area contributed by atoms with Gasteiger partial charge in [0.05, 0.1) is 19.9 Å². The van der Waals surface area contributed by atoms with Crippen LogP contribution in [0.5, 0.6) is 11.5 Å². The molecule has 32 heavy (non-hydrogen) atoms. The molecule has 1 aromatic carbocycles. The Bertz CT molecular complexity index is 1110. The predicted molar refractivity (Wildman–Crippen MR) is 107 cm³/mol. The number of hydrogen-bond acceptors (Lipinski definition) is 8. The smallest absolute Gasteiger partial charge is 0.435 e. The first-order valence-electron chi connectivity index (χ1n) is 8.93. The van der Waals surface area contributed by atoms with Crippen molar-refractivity contribution < 1.29 is 37.0 Å². The molecule has 0 saturated carbocycles. The molecule has 0 unspecified atom stereocenters. The molecule has 170 valence electrons. The van der Waals surface area contributed by atoms with E-state index in [9.17, 15) is 22.8 Å². The first kappa shape index (κ1) is 23.1. The number of amides is 1. The lowest BCUT2D eigenvalue weighted by atomic mass is 10.1. The molecule has 13 heteroatoms. The fraction of sp³-hybridized carbons (Fsp3) is 0.263. The van der Waals surface area contributed by atoms with Crippen LogP contribution in [-0.2, 0) is 27.0 Å². The third-order valence-electron chi connectivity index (χ3n) is 4.02. The Labute approximate surface area is 183 Å². The maximum absolute atomic E-state index is 12.5. The fourth-order valence-electron chi connectivity index (χ4n) is 2.55. The van der Waals surface area contributed by atoms with Crippen molar-refractivity contribution in [2.75, 3.05) is 26.1 Å². The minimum atomic E-state index is -4.61. The van der Waals surface area contributed by atoms with E-state index in [-0.39, 0.29) is 5.13 Å². The number of thiazole rings is 1. The molecule has 2 heterocycles. The number of halogens is 3. The Kier molecular flexibility index (Phi) is 6.98. The topological polar surface area (TPSA) is 105 Å². The number of nitrogens with one attached hydrogen (secondary N) is 1. The largest absolute Gasteiger partial charge is 0.497 e. The molecule has 2 aromatic heterocycles. The number of rotatable bonds is 8. The van der Waals surface area contributed by atoms with Crippen molar-refractivity contribution in [1.29, 1.82) is 0 Å². The monoisotopic (exact) mass is 470 g/mol. The Morgan fingerprint density at radius 3 is 2.62 bits per heavy atom. The van der Waals surface area contributed by atoms with Crippen molar-refractivity contribution in [1.82, 2.24) is 14.8 Å². The second-order valence-corrected chi connectivity index (χ2v) is 7.07. The highest BCUT2D eigenvalue weighted by Crippen LogP contribution is 2.35. The molecule has 3 aromatic rings. The summed E-state index contributed by atoms with van der Waals surface area (Å²) < 4.78 is 53.7. The highest BCUT2D eigenvalue weighted by molar-refractivity contribution is 7.14. The average molecular weight is 470 g/mol. The van der Waals surface area contributed by atoms with E-state index in [1.165, 1.54) is 14.2 Å². The number of esters is 1. The van der Waals surface area contributed by atoms with Gasteiger partial charge in [0, 0.05) is 17.1 Å². The highest BCUT2D eigenvalue weighted by Gasteiger charge is 2.33. The summed E-state index contributed by atoms with van der Waals surface area (Å²) in [6.07, 6.45) is -3.62. The van der Waals surface area contributed by atoms with Gasteiger partial charge in [0.15, 0.2) is 17.4 Å². The summed E-state index contributed by atoms with van der Waals surface area (Å²) in [6.45, 7) is -1.20. The molecule has 9 nitrogen and oxygen atoms in total. The van der Waals surface area contributed by atoms with Crippen molar-refractivity contribution in [3.8, 4) is 22.8 Å². The summed E-state index contributed by atoms with van der Waals surface area (Å²) in [7, 11) is 3.04. The molecule has 0 spiro atoms. The van der Waals surface area contributed by atoms with Crippen molar-refractivity contribution in [2.45, 2.75) is 12.7 Å². The number of hydrogen-bond donors (Lipinski definition) is 1. The second kappa shape index (κ2) is 9.68. The van der Waals surface area contributed by atoms with Gasteiger partial charge in [0.25, 0.3) is 5.91 Å². The van der Waals surface area contributed by atoms with Crippen LogP contribution in [-0.4, -0.2) is 47.5 Å². The van der Waals surface area contributed by atoms with Crippen LogP contribution in [0.4, 0.5) is 18.3 Å². The summed E-state index contributed by atoms with van der Waals surface area (Å²) in [5.74, 6) is -0.410. The van der Waals surface area contributed by atoms with Gasteiger partial charge in [-0.05, 0) is 24.3 Å². The Balaban J connectivity index is 1.54. The summed E-state index contributed by atoms with van der Waals surface area (Å²) in [5.41, 5.74) is 0.0694. The normalized spacial score (nSPS) is 11.2. The molecule has 0 aliphatic heterocycles. The van der Waals surface area contributed by atoms with Crippen LogP contribution in [0.2, 0.25) is 0 Å². The van der Waals surface area contributed by atoms with Crippen LogP contribution in [0, 0.1) is 0 Å². The quantitative estimate of drug-likeness (QED) is 0.504. The molecule has 0 aliphatic rings. The maximum atomic E-state index is 12.5. The number of carbonyl (C=O) groups is 2. The number of methoxy groups -OCH3 is 2. The molecular formula is C19H17F3N4O5S. The van der Waals surface area contributed by atoms with E-state index < -0.39 is 36.9 Å². The van der Waals surface area contributed by atoms with Gasteiger partial charge in [0.1, 0.15) is 18.0 Å². The van der Waals surface area contributed by atoms with E-state index in [1.54, 1.807) is 23.6 Å². The van der Waals surface area contributed by atoms with E-state index in [1.807, 2.05) is 0 Å². The van der Waals surface area contributed by atoms with Crippen molar-refractivity contribution in [2.24, 2.45) is 0 Å². The Morgan fingerprint density at radius 1 is 1.19 bits per heavy atom. The minimum absolute atomic E-state index is 0.257. The molecule has 1 N–H and O–H groups in total. The van der Waals surface area contributed by atoms with E-state index in [0.29, 0.717) is 22.8 Å². The Morgan fingerprint density at radius 2 is 1.97 bits per heavy atom. The van der Waals surface area contributed by atoms with Gasteiger partial charge in [-0.3, -0.25) is 19.6 Å². The van der Waals surface area contributed by atoms with Gasteiger partial charge in [-0.1, -0.05) is 0 Å². The maximum Gasteiger partial charge on any atom is 0.435 e. The molecule has 0 saturated heterocycles. The summed E-state index contributed by atoms with van der Waals surface area (Å²) in [4.78, 5) is 28.1. The predicted octanol–water partition coefficient (Wildman–Crippen LogP) is 3.22. The fourth-order valence-corrected chi connectivity index (χ4v) is 3.28. The summed E-state index contributed by atoms with van der Waals surface area (Å²) >= 11 is 1.15. The van der Waals surface area contributed by atoms with Crippen LogP contribution >= 0.6 is 11.3 Å². The molecule has 3 rings (SSSR count). The molecule has 1 amide bonds. The van der Waals surface area contributed by atoms with E-state index >= 15 is 0 Å². The zero-order valence-corrected chi connectivity index (χ0v) is 17.6. The van der Waals surface area contributed by atoms with Gasteiger partial charge in [0.2, 0.25) is 0 Å². The standard InChI is InChI=1S/C19H17F3N4O5S/c1-29-11-3-4-14(30-2)12(7-11)13-10-32-18(23-13)24-16(27)9-31-17(28)8-26-6-5-15(25-26)19(20,21)22/h3-7,10H,8-9H2,1-2H3,(H,23,24,27). The Hall–Kier alpha value is -3.61. The number of ether oxygens (including phenoxy) is 3. The third kappa shape index (κ3) is 5.75. The van der Waals surface area contributed by atoms with Crippen LogP contribution < -0.4 is 14.8 Å². The lowest BCUT2D eigenvalue weighted by molar-refractivity contribution is -0.148. The van der Waals surface area contributed by atoms with Crippen LogP contribution in [0.15, 0.2) is 35.8 Å². The van der Waals surface area contributed by atoms with Gasteiger partial charge in [-0.15, -0.1) is 11.3 Å². The number of alkyl halides is 3. The second-order valence-electron chi connectivity index (χ2n) is 6.21. The molecule has 0 bridgehead atoms. The van der Waals surface area contributed by atoms with Crippen LogP contribution in [0.3, 0.4) is 0 Å². The first-order valence-corrected chi connectivity index (χ1v) is 9.81. The highest BCUT2D eigenvalue weighted by atomic mass is 32.1. The minimum Gasteiger partial charge on any atom is -0.497 e. The third-order valence-corrected chi connectivity index (χ3v) is 4.78. The molecular weight excluding hydrogens is 453 g/mol. The van der Waals surface area contributed by atoms with Crippen LogP contribution in [0.25, 0.3) is 11.3 Å². The lowest BCUT2D eigenvalue weighted by Gasteiger charge is -2.08. The zero-order valence-electron chi connectivity index (χ0n) is 16.8. The molecule has 0 atom stereocenters. The zero-order chi connectivity index (χ0) is 23.3. The van der Waals surface area contributed by atoms with Crippen molar-refractivity contribution in [3.05, 3.63) is 41.5 Å². The number of nitrogens with zero attached hydrogens (tertiary/aromatic N) is 3. The lowest BCUT2D eigenvalue weighted by Crippen LogP contribution is -2.23. The number of aromatic nitrogens is 3. The van der Waals surface area contributed by atoms with E-state index in [0.717, 1.165) is 28.3 Å². The summed E-state index contributed by atoms with van der Waals surface area (Å²) in [5, 5.41) is 7.69. The van der Waals surface area contributed by atoms with Gasteiger partial charge in [-0.25, -0.2) is 4.98 Å². The number of benzene rings is 1. The first-order chi connectivity index (χ1) is 15.2. The van der Waals surface area contributed by atoms with Gasteiger partial charge < -0.3 is 14.2 Å². The summed E-state index contributed by atoms with van der Waals surface area (Å²) in [6, 6.07) is 5.93. The SMILES string of the molecule is COc1ccc(OC)c(-c2csc(NC(=O)COC(=O)Cn3ccc(C(F)(F)F)n3)n2)c1. The van der Waals surface area contributed by atoms with Crippen molar-refractivity contribution >= 4 is 28.3 Å². The van der Waals surface area contributed by atoms with Gasteiger partial charge in [-0.2, -0.15) is 18.3 Å². The molecule has 0 aliphatic carbocycles. The van der Waals surface area contributed by atoms with Gasteiger partial charge >= 0.3 is 12.1 Å². The number of anilines is 1. The van der Waals surface area contributed by atoms with E-state index in [2.05, 4.69) is 15.4 Å². The van der Waals surface area contributed by atoms with E-state index in [4.69, 9.17) is 14.2 Å². The average Bonchev–Trinajstić information content (AvgIpc) is 3.41. The molecule has 0 radical (unpaired) electrons.